The van der Waals surface area contributed by atoms with Crippen molar-refractivity contribution in [3.63, 3.8) is 0 Å². The first-order valence-electron chi connectivity index (χ1n) is 11.2. The number of aryl methyl sites for hydroxylation is 1. The van der Waals surface area contributed by atoms with Crippen LogP contribution in [-0.4, -0.2) is 21.8 Å². The van der Waals surface area contributed by atoms with Crippen LogP contribution >= 0.6 is 11.3 Å². The molecule has 6 heteroatoms. The zero-order valence-electron chi connectivity index (χ0n) is 19.1. The van der Waals surface area contributed by atoms with Crippen LogP contribution in [0.5, 0.6) is 0 Å². The monoisotopic (exact) mass is 468 g/mol. The molecule has 0 aliphatic carbocycles. The molecule has 1 aliphatic rings. The largest absolute Gasteiger partial charge is 0.507 e. The number of nitrogens with zero attached hydrogens (tertiary/aromatic N) is 2. The van der Waals surface area contributed by atoms with Crippen LogP contribution in [0.25, 0.3) is 16.0 Å². The van der Waals surface area contributed by atoms with Gasteiger partial charge in [0, 0.05) is 5.56 Å². The molecule has 5 nitrogen and oxygen atoms in total. The lowest BCUT2D eigenvalue weighted by molar-refractivity contribution is -0.132. The Bertz CT molecular complexity index is 1440. The third kappa shape index (κ3) is 3.70. The number of amides is 1. The van der Waals surface area contributed by atoms with Crippen LogP contribution < -0.4 is 4.90 Å². The van der Waals surface area contributed by atoms with Crippen molar-refractivity contribution in [3.8, 4) is 0 Å². The maximum absolute atomic E-state index is 13.4. The predicted molar refractivity (Wildman–Crippen MR) is 136 cm³/mol. The van der Waals surface area contributed by atoms with Gasteiger partial charge in [0.1, 0.15) is 5.76 Å². The number of rotatable bonds is 4. The topological polar surface area (TPSA) is 70.5 Å². The van der Waals surface area contributed by atoms with E-state index in [0.717, 1.165) is 26.9 Å². The fraction of sp³-hybridized carbons (Fsp3) is 0.179. The Kier molecular flexibility index (Phi) is 5.54. The Morgan fingerprint density at radius 3 is 2.38 bits per heavy atom. The molecule has 1 saturated heterocycles. The molecule has 34 heavy (non-hydrogen) atoms. The highest BCUT2D eigenvalue weighted by atomic mass is 32.1. The quantitative estimate of drug-likeness (QED) is 0.215. The number of carbonyl (C=O) groups is 2. The standard InChI is InChI=1S/C28H24N2O3S/c1-16(2)18-10-12-19(13-11-18)24-23(25(31)20-7-5-4-6-8-20)26(32)27(33)30(24)28-29-21-14-9-17(3)15-22(21)34-28/h4-16,24,31H,1-3H3/b25-23+/t24-/m0/s1. The van der Waals surface area contributed by atoms with Crippen LogP contribution in [0.4, 0.5) is 5.13 Å². The molecule has 4 aromatic rings. The molecule has 1 N–H and O–H groups in total. The van der Waals surface area contributed by atoms with Crippen LogP contribution in [0.15, 0.2) is 78.4 Å². The summed E-state index contributed by atoms with van der Waals surface area (Å²) in [6.07, 6.45) is 0. The molecular weight excluding hydrogens is 444 g/mol. The summed E-state index contributed by atoms with van der Waals surface area (Å²) in [5, 5.41) is 11.6. The fourth-order valence-electron chi connectivity index (χ4n) is 4.28. The predicted octanol–water partition coefficient (Wildman–Crippen LogP) is 6.35. The number of fused-ring (bicyclic) bond motifs is 1. The molecule has 0 spiro atoms. The van der Waals surface area contributed by atoms with Crippen molar-refractivity contribution in [2.24, 2.45) is 0 Å². The molecule has 1 aromatic heterocycles. The minimum Gasteiger partial charge on any atom is -0.507 e. The van der Waals surface area contributed by atoms with Crippen LogP contribution in [0.1, 0.15) is 48.1 Å². The highest BCUT2D eigenvalue weighted by Gasteiger charge is 2.48. The molecule has 0 radical (unpaired) electrons. The van der Waals surface area contributed by atoms with Gasteiger partial charge in [0.15, 0.2) is 5.13 Å². The van der Waals surface area contributed by atoms with Gasteiger partial charge in [-0.05, 0) is 41.7 Å². The van der Waals surface area contributed by atoms with E-state index < -0.39 is 17.7 Å². The first-order valence-corrected chi connectivity index (χ1v) is 12.0. The molecule has 0 saturated carbocycles. The summed E-state index contributed by atoms with van der Waals surface area (Å²) in [6.45, 7) is 6.22. The van der Waals surface area contributed by atoms with Crippen LogP contribution in [0, 0.1) is 6.92 Å². The summed E-state index contributed by atoms with van der Waals surface area (Å²) in [5.74, 6) is -1.24. The van der Waals surface area contributed by atoms with Gasteiger partial charge in [-0.15, -0.1) is 0 Å². The molecule has 1 aliphatic heterocycles. The molecule has 1 fully saturated rings. The van der Waals surface area contributed by atoms with Crippen molar-refractivity contribution in [3.05, 3.63) is 101 Å². The Morgan fingerprint density at radius 1 is 1.00 bits per heavy atom. The van der Waals surface area contributed by atoms with Gasteiger partial charge in [0.25, 0.3) is 5.78 Å². The van der Waals surface area contributed by atoms with Crippen LogP contribution in [-0.2, 0) is 9.59 Å². The fourth-order valence-corrected chi connectivity index (χ4v) is 5.37. The molecule has 2 heterocycles. The first-order chi connectivity index (χ1) is 16.3. The van der Waals surface area contributed by atoms with Gasteiger partial charge in [-0.2, -0.15) is 0 Å². The number of carbonyl (C=O) groups excluding carboxylic acids is 2. The van der Waals surface area contributed by atoms with Gasteiger partial charge in [0.2, 0.25) is 0 Å². The highest BCUT2D eigenvalue weighted by molar-refractivity contribution is 7.22. The lowest BCUT2D eigenvalue weighted by atomic mass is 9.93. The molecule has 1 atom stereocenters. The summed E-state index contributed by atoms with van der Waals surface area (Å²) in [4.78, 5) is 32.8. The number of aliphatic hydroxyl groups excluding tert-OH is 1. The van der Waals surface area contributed by atoms with E-state index in [2.05, 4.69) is 18.8 Å². The number of hydrogen-bond donors (Lipinski definition) is 1. The van der Waals surface area contributed by atoms with E-state index >= 15 is 0 Å². The molecule has 1 amide bonds. The van der Waals surface area contributed by atoms with Gasteiger partial charge >= 0.3 is 5.91 Å². The third-order valence-electron chi connectivity index (χ3n) is 6.15. The molecule has 0 bridgehead atoms. The van der Waals surface area contributed by atoms with Crippen molar-refractivity contribution in [2.45, 2.75) is 32.7 Å². The third-order valence-corrected chi connectivity index (χ3v) is 7.17. The first kappa shape index (κ1) is 22.0. The van der Waals surface area contributed by atoms with E-state index in [1.54, 1.807) is 24.3 Å². The van der Waals surface area contributed by atoms with Gasteiger partial charge in [0.05, 0.1) is 21.8 Å². The zero-order chi connectivity index (χ0) is 24.0. The molecular formula is C28H24N2O3S. The smallest absolute Gasteiger partial charge is 0.301 e. The minimum atomic E-state index is -0.775. The average Bonchev–Trinajstić information content (AvgIpc) is 3.37. The Morgan fingerprint density at radius 2 is 1.71 bits per heavy atom. The van der Waals surface area contributed by atoms with E-state index in [1.165, 1.54) is 16.2 Å². The Balaban J connectivity index is 1.72. The zero-order valence-corrected chi connectivity index (χ0v) is 20.0. The minimum absolute atomic E-state index is 0.0731. The van der Waals surface area contributed by atoms with Gasteiger partial charge in [-0.3, -0.25) is 14.5 Å². The SMILES string of the molecule is Cc1ccc2nc(N3C(=O)C(=O)/C(=C(/O)c4ccccc4)[C@@H]3c3ccc(C(C)C)cc3)sc2c1. The van der Waals surface area contributed by atoms with Crippen LogP contribution in [0.3, 0.4) is 0 Å². The average molecular weight is 469 g/mol. The lowest BCUT2D eigenvalue weighted by Crippen LogP contribution is -2.29. The highest BCUT2D eigenvalue weighted by Crippen LogP contribution is 2.44. The summed E-state index contributed by atoms with van der Waals surface area (Å²) in [7, 11) is 0. The Labute approximate surface area is 202 Å². The molecule has 3 aromatic carbocycles. The van der Waals surface area contributed by atoms with Gasteiger partial charge in [-0.1, -0.05) is 85.8 Å². The second-order valence-electron chi connectivity index (χ2n) is 8.82. The number of Topliss-reactive ketones (excluding diaryl/α,β-unsaturated/α-hetero) is 1. The number of hydrogen-bond acceptors (Lipinski definition) is 5. The summed E-state index contributed by atoms with van der Waals surface area (Å²) in [5.41, 5.74) is 4.32. The van der Waals surface area contributed by atoms with Gasteiger partial charge in [-0.25, -0.2) is 4.98 Å². The maximum Gasteiger partial charge on any atom is 0.301 e. The van der Waals surface area contributed by atoms with Crippen molar-refractivity contribution in [1.82, 2.24) is 4.98 Å². The van der Waals surface area contributed by atoms with Gasteiger partial charge < -0.3 is 5.11 Å². The van der Waals surface area contributed by atoms with Crippen molar-refractivity contribution >= 4 is 44.1 Å². The molecule has 0 unspecified atom stereocenters. The van der Waals surface area contributed by atoms with Crippen molar-refractivity contribution in [1.29, 1.82) is 0 Å². The number of anilines is 1. The number of ketones is 1. The lowest BCUT2D eigenvalue weighted by Gasteiger charge is -2.23. The number of aliphatic hydroxyl groups is 1. The van der Waals surface area contributed by atoms with Crippen LogP contribution in [0.2, 0.25) is 0 Å². The van der Waals surface area contributed by atoms with E-state index in [-0.39, 0.29) is 11.3 Å². The summed E-state index contributed by atoms with van der Waals surface area (Å²) < 4.78 is 0.939. The summed E-state index contributed by atoms with van der Waals surface area (Å²) >= 11 is 1.37. The normalized spacial score (nSPS) is 17.8. The number of aromatic nitrogens is 1. The maximum atomic E-state index is 13.4. The van der Waals surface area contributed by atoms with E-state index in [9.17, 15) is 14.7 Å². The molecule has 170 valence electrons. The van der Waals surface area contributed by atoms with E-state index in [0.29, 0.717) is 16.6 Å². The number of thiazole rings is 1. The van der Waals surface area contributed by atoms with E-state index in [1.807, 2.05) is 55.5 Å². The van der Waals surface area contributed by atoms with Crippen molar-refractivity contribution < 1.29 is 14.7 Å². The van der Waals surface area contributed by atoms with E-state index in [4.69, 9.17) is 0 Å². The molecule has 5 rings (SSSR count). The second kappa shape index (κ2) is 8.54. The number of benzene rings is 3. The second-order valence-corrected chi connectivity index (χ2v) is 9.83. The Hall–Kier alpha value is -3.77. The van der Waals surface area contributed by atoms with Crippen molar-refractivity contribution in [2.75, 3.05) is 4.90 Å². The summed E-state index contributed by atoms with van der Waals surface area (Å²) in [6, 6.07) is 21.8.